The number of hydrogen-bond donors (Lipinski definition) is 2. The molecule has 4 heteroatoms. The lowest BCUT2D eigenvalue weighted by Crippen LogP contribution is -2.12. The fraction of sp³-hybridized carbons (Fsp3) is 0.294. The molecule has 0 saturated carbocycles. The van der Waals surface area contributed by atoms with E-state index in [0.29, 0.717) is 6.54 Å². The molecule has 0 aromatic heterocycles. The molecule has 0 bridgehead atoms. The normalized spacial score (nSPS) is 11.8. The van der Waals surface area contributed by atoms with Crippen molar-refractivity contribution in [3.63, 3.8) is 0 Å². The van der Waals surface area contributed by atoms with Crippen LogP contribution in [0.15, 0.2) is 42.5 Å². The van der Waals surface area contributed by atoms with Crippen LogP contribution >= 0.6 is 0 Å². The van der Waals surface area contributed by atoms with Crippen molar-refractivity contribution in [1.29, 1.82) is 0 Å². The number of anilines is 1. The van der Waals surface area contributed by atoms with E-state index in [1.54, 1.807) is 14.2 Å². The molecular formula is C17H21NO3. The number of rotatable bonds is 6. The number of methoxy groups -OCH3 is 2. The number of ether oxygens (including phenoxy) is 2. The van der Waals surface area contributed by atoms with Crippen molar-refractivity contribution < 1.29 is 14.6 Å². The molecule has 0 amide bonds. The number of benzene rings is 2. The zero-order valence-corrected chi connectivity index (χ0v) is 12.6. The summed E-state index contributed by atoms with van der Waals surface area (Å²) in [5.41, 5.74) is 2.93. The zero-order chi connectivity index (χ0) is 15.2. The van der Waals surface area contributed by atoms with Gasteiger partial charge in [0, 0.05) is 12.2 Å². The first-order valence-electron chi connectivity index (χ1n) is 6.84. The van der Waals surface area contributed by atoms with Crippen LogP contribution in [0.4, 0.5) is 5.69 Å². The van der Waals surface area contributed by atoms with E-state index < -0.39 is 6.10 Å². The Bertz CT molecular complexity index is 581. The first-order chi connectivity index (χ1) is 10.1. The summed E-state index contributed by atoms with van der Waals surface area (Å²) in [6, 6.07) is 13.2. The minimum absolute atomic E-state index is 0.444. The van der Waals surface area contributed by atoms with Gasteiger partial charge < -0.3 is 19.9 Å². The monoisotopic (exact) mass is 287 g/mol. The van der Waals surface area contributed by atoms with Gasteiger partial charge in [0.1, 0.15) is 11.5 Å². The number of nitrogens with one attached hydrogen (secondary N) is 1. The third-order valence-electron chi connectivity index (χ3n) is 3.42. The van der Waals surface area contributed by atoms with Crippen LogP contribution in [0.1, 0.15) is 17.2 Å². The van der Waals surface area contributed by atoms with Crippen molar-refractivity contribution in [2.24, 2.45) is 0 Å². The first kappa shape index (κ1) is 15.2. The topological polar surface area (TPSA) is 50.7 Å². The van der Waals surface area contributed by atoms with Gasteiger partial charge in [0.15, 0.2) is 0 Å². The Balaban J connectivity index is 1.98. The quantitative estimate of drug-likeness (QED) is 0.857. The minimum atomic E-state index is -0.572. The molecule has 0 aliphatic heterocycles. The van der Waals surface area contributed by atoms with Crippen molar-refractivity contribution in [3.8, 4) is 11.5 Å². The lowest BCUT2D eigenvalue weighted by atomic mass is 10.1. The van der Waals surface area contributed by atoms with Crippen molar-refractivity contribution in [2.75, 3.05) is 26.1 Å². The SMILES string of the molecule is COc1ccc(C(O)CNc2ccc(OC)cc2C)cc1. The Morgan fingerprint density at radius 1 is 1.00 bits per heavy atom. The predicted molar refractivity (Wildman–Crippen MR) is 84.2 cm³/mol. The molecule has 0 fully saturated rings. The lowest BCUT2D eigenvalue weighted by molar-refractivity contribution is 0.191. The maximum Gasteiger partial charge on any atom is 0.119 e. The second-order valence-electron chi connectivity index (χ2n) is 4.85. The number of aliphatic hydroxyl groups excluding tert-OH is 1. The van der Waals surface area contributed by atoms with E-state index in [2.05, 4.69) is 5.32 Å². The number of aliphatic hydroxyl groups is 1. The molecule has 1 unspecified atom stereocenters. The summed E-state index contributed by atoms with van der Waals surface area (Å²) in [6.07, 6.45) is -0.572. The van der Waals surface area contributed by atoms with E-state index in [1.165, 1.54) is 0 Å². The second-order valence-corrected chi connectivity index (χ2v) is 4.85. The second kappa shape index (κ2) is 6.99. The molecule has 0 heterocycles. The van der Waals surface area contributed by atoms with E-state index >= 15 is 0 Å². The Labute approximate surface area is 125 Å². The Morgan fingerprint density at radius 2 is 1.62 bits per heavy atom. The first-order valence-corrected chi connectivity index (χ1v) is 6.84. The van der Waals surface area contributed by atoms with Crippen molar-refractivity contribution >= 4 is 5.69 Å². The van der Waals surface area contributed by atoms with Gasteiger partial charge in [-0.3, -0.25) is 0 Å². The summed E-state index contributed by atoms with van der Waals surface area (Å²) in [7, 11) is 3.27. The van der Waals surface area contributed by atoms with E-state index in [4.69, 9.17) is 9.47 Å². The summed E-state index contributed by atoms with van der Waals surface area (Å²) in [5, 5.41) is 13.5. The molecule has 0 spiro atoms. The standard InChI is InChI=1S/C17H21NO3/c1-12-10-15(21-3)8-9-16(12)18-11-17(19)13-4-6-14(20-2)7-5-13/h4-10,17-19H,11H2,1-3H3. The van der Waals surface area contributed by atoms with Crippen LogP contribution in [-0.4, -0.2) is 25.9 Å². The highest BCUT2D eigenvalue weighted by atomic mass is 16.5. The van der Waals surface area contributed by atoms with Gasteiger partial charge in [-0.2, -0.15) is 0 Å². The molecule has 4 nitrogen and oxygen atoms in total. The van der Waals surface area contributed by atoms with Crippen molar-refractivity contribution in [1.82, 2.24) is 0 Å². The zero-order valence-electron chi connectivity index (χ0n) is 12.6. The van der Waals surface area contributed by atoms with Crippen LogP contribution in [0.5, 0.6) is 11.5 Å². The highest BCUT2D eigenvalue weighted by Gasteiger charge is 2.08. The molecule has 2 aromatic rings. The smallest absolute Gasteiger partial charge is 0.119 e. The Hall–Kier alpha value is -2.20. The van der Waals surface area contributed by atoms with E-state index in [0.717, 1.165) is 28.3 Å². The highest BCUT2D eigenvalue weighted by Crippen LogP contribution is 2.23. The minimum Gasteiger partial charge on any atom is -0.497 e. The van der Waals surface area contributed by atoms with Gasteiger partial charge in [0.25, 0.3) is 0 Å². The van der Waals surface area contributed by atoms with Gasteiger partial charge in [0.05, 0.1) is 20.3 Å². The van der Waals surface area contributed by atoms with E-state index in [9.17, 15) is 5.11 Å². The predicted octanol–water partition coefficient (Wildman–Crippen LogP) is 3.16. The van der Waals surface area contributed by atoms with Gasteiger partial charge in [-0.05, 0) is 48.4 Å². The van der Waals surface area contributed by atoms with Gasteiger partial charge in [-0.15, -0.1) is 0 Å². The van der Waals surface area contributed by atoms with Gasteiger partial charge in [-0.1, -0.05) is 12.1 Å². The summed E-state index contributed by atoms with van der Waals surface area (Å²) in [6.45, 7) is 2.45. The van der Waals surface area contributed by atoms with Crippen LogP contribution < -0.4 is 14.8 Å². The fourth-order valence-electron chi connectivity index (χ4n) is 2.11. The summed E-state index contributed by atoms with van der Waals surface area (Å²) < 4.78 is 10.3. The molecule has 0 aliphatic carbocycles. The molecule has 21 heavy (non-hydrogen) atoms. The molecular weight excluding hydrogens is 266 g/mol. The van der Waals surface area contributed by atoms with Crippen LogP contribution in [0.25, 0.3) is 0 Å². The van der Waals surface area contributed by atoms with E-state index in [-0.39, 0.29) is 0 Å². The molecule has 0 radical (unpaired) electrons. The Kier molecular flexibility index (Phi) is 5.06. The van der Waals surface area contributed by atoms with Crippen molar-refractivity contribution in [2.45, 2.75) is 13.0 Å². The maximum atomic E-state index is 10.2. The number of aryl methyl sites for hydroxylation is 1. The van der Waals surface area contributed by atoms with Crippen LogP contribution in [0, 0.1) is 6.92 Å². The third kappa shape index (κ3) is 3.89. The molecule has 1 atom stereocenters. The fourth-order valence-corrected chi connectivity index (χ4v) is 2.11. The Morgan fingerprint density at radius 3 is 2.19 bits per heavy atom. The summed E-state index contributed by atoms with van der Waals surface area (Å²) in [4.78, 5) is 0. The average molecular weight is 287 g/mol. The molecule has 0 aliphatic rings. The van der Waals surface area contributed by atoms with Gasteiger partial charge >= 0.3 is 0 Å². The van der Waals surface area contributed by atoms with E-state index in [1.807, 2.05) is 49.4 Å². The maximum absolute atomic E-state index is 10.2. The van der Waals surface area contributed by atoms with Crippen molar-refractivity contribution in [3.05, 3.63) is 53.6 Å². The van der Waals surface area contributed by atoms with Crippen LogP contribution in [0.3, 0.4) is 0 Å². The molecule has 2 rings (SSSR count). The summed E-state index contributed by atoms with van der Waals surface area (Å²) >= 11 is 0. The summed E-state index contributed by atoms with van der Waals surface area (Å²) in [5.74, 6) is 1.61. The van der Waals surface area contributed by atoms with Gasteiger partial charge in [-0.25, -0.2) is 0 Å². The molecule has 2 N–H and O–H groups in total. The lowest BCUT2D eigenvalue weighted by Gasteiger charge is -2.15. The highest BCUT2D eigenvalue weighted by molar-refractivity contribution is 5.53. The van der Waals surface area contributed by atoms with Gasteiger partial charge in [0.2, 0.25) is 0 Å². The third-order valence-corrected chi connectivity index (χ3v) is 3.42. The van der Waals surface area contributed by atoms with Crippen LogP contribution in [-0.2, 0) is 0 Å². The number of hydrogen-bond acceptors (Lipinski definition) is 4. The largest absolute Gasteiger partial charge is 0.497 e. The molecule has 0 saturated heterocycles. The van der Waals surface area contributed by atoms with Crippen LogP contribution in [0.2, 0.25) is 0 Å². The average Bonchev–Trinajstić information content (AvgIpc) is 2.53. The molecule has 2 aromatic carbocycles. The molecule has 112 valence electrons.